The Bertz CT molecular complexity index is 313. The summed E-state index contributed by atoms with van der Waals surface area (Å²) >= 11 is 0. The van der Waals surface area contributed by atoms with Gasteiger partial charge in [0.05, 0.1) is 5.60 Å². The minimum atomic E-state index is -0.0260. The SMILES string of the molecule is CN=C(NCC1CCCN1C)NCC1(C)CCCO1. The molecule has 2 unspecified atom stereocenters. The number of rotatable bonds is 4. The van der Waals surface area contributed by atoms with E-state index in [1.165, 1.54) is 19.4 Å². The van der Waals surface area contributed by atoms with Crippen LogP contribution < -0.4 is 10.6 Å². The van der Waals surface area contributed by atoms with E-state index in [9.17, 15) is 0 Å². The molecule has 2 heterocycles. The van der Waals surface area contributed by atoms with Crippen molar-refractivity contribution in [2.45, 2.75) is 44.2 Å². The minimum Gasteiger partial charge on any atom is -0.373 e. The summed E-state index contributed by atoms with van der Waals surface area (Å²) in [6.07, 6.45) is 4.88. The van der Waals surface area contributed by atoms with Gasteiger partial charge < -0.3 is 20.3 Å². The van der Waals surface area contributed by atoms with Crippen molar-refractivity contribution in [1.82, 2.24) is 15.5 Å². The van der Waals surface area contributed by atoms with Gasteiger partial charge in [0.2, 0.25) is 0 Å². The molecule has 110 valence electrons. The van der Waals surface area contributed by atoms with E-state index in [2.05, 4.69) is 34.5 Å². The molecule has 2 N–H and O–H groups in total. The van der Waals surface area contributed by atoms with E-state index >= 15 is 0 Å². The lowest BCUT2D eigenvalue weighted by Gasteiger charge is -2.26. The molecule has 0 radical (unpaired) electrons. The van der Waals surface area contributed by atoms with Crippen LogP contribution in [0.4, 0.5) is 0 Å². The zero-order chi connectivity index (χ0) is 13.7. The standard InChI is InChI=1S/C14H28N4O/c1-14(7-5-9-19-14)11-17-13(15-2)16-10-12-6-4-8-18(12)3/h12H,4-11H2,1-3H3,(H2,15,16,17). The Hall–Kier alpha value is -0.810. The van der Waals surface area contributed by atoms with Gasteiger partial charge in [-0.3, -0.25) is 4.99 Å². The van der Waals surface area contributed by atoms with Crippen molar-refractivity contribution in [2.75, 3.05) is 40.3 Å². The van der Waals surface area contributed by atoms with Crippen molar-refractivity contribution in [3.8, 4) is 0 Å². The van der Waals surface area contributed by atoms with Gasteiger partial charge in [-0.2, -0.15) is 0 Å². The Kier molecular flexibility index (Phi) is 5.05. The summed E-state index contributed by atoms with van der Waals surface area (Å²) in [5.41, 5.74) is -0.0260. The average Bonchev–Trinajstić information content (AvgIpc) is 3.00. The largest absolute Gasteiger partial charge is 0.373 e. The van der Waals surface area contributed by atoms with E-state index in [1.807, 2.05) is 7.05 Å². The van der Waals surface area contributed by atoms with Crippen LogP contribution in [-0.4, -0.2) is 62.8 Å². The van der Waals surface area contributed by atoms with Crippen molar-refractivity contribution in [3.63, 3.8) is 0 Å². The minimum absolute atomic E-state index is 0.0260. The van der Waals surface area contributed by atoms with Gasteiger partial charge in [0, 0.05) is 32.8 Å². The van der Waals surface area contributed by atoms with E-state index in [1.54, 1.807) is 0 Å². The van der Waals surface area contributed by atoms with Gasteiger partial charge in [-0.25, -0.2) is 0 Å². The maximum absolute atomic E-state index is 5.78. The Morgan fingerprint density at radius 2 is 2.26 bits per heavy atom. The number of nitrogens with one attached hydrogen (secondary N) is 2. The topological polar surface area (TPSA) is 48.9 Å². The highest BCUT2D eigenvalue weighted by atomic mass is 16.5. The number of ether oxygens (including phenoxy) is 1. The van der Waals surface area contributed by atoms with Crippen LogP contribution in [0.15, 0.2) is 4.99 Å². The van der Waals surface area contributed by atoms with Crippen LogP contribution in [0.1, 0.15) is 32.6 Å². The number of hydrogen-bond acceptors (Lipinski definition) is 3. The molecule has 0 aliphatic carbocycles. The van der Waals surface area contributed by atoms with Gasteiger partial charge in [0.15, 0.2) is 5.96 Å². The molecular weight excluding hydrogens is 240 g/mol. The summed E-state index contributed by atoms with van der Waals surface area (Å²) in [4.78, 5) is 6.70. The summed E-state index contributed by atoms with van der Waals surface area (Å²) in [7, 11) is 4.02. The van der Waals surface area contributed by atoms with Gasteiger partial charge in [-0.05, 0) is 46.2 Å². The first-order chi connectivity index (χ1) is 9.13. The van der Waals surface area contributed by atoms with Crippen molar-refractivity contribution in [1.29, 1.82) is 0 Å². The fourth-order valence-corrected chi connectivity index (χ4v) is 2.92. The zero-order valence-electron chi connectivity index (χ0n) is 12.5. The van der Waals surface area contributed by atoms with E-state index in [4.69, 9.17) is 4.74 Å². The maximum atomic E-state index is 5.78. The quantitative estimate of drug-likeness (QED) is 0.585. The van der Waals surface area contributed by atoms with Gasteiger partial charge >= 0.3 is 0 Å². The monoisotopic (exact) mass is 268 g/mol. The second-order valence-electron chi connectivity index (χ2n) is 5.99. The van der Waals surface area contributed by atoms with Gasteiger partial charge in [-0.15, -0.1) is 0 Å². The molecule has 2 fully saturated rings. The first kappa shape index (κ1) is 14.6. The van der Waals surface area contributed by atoms with Crippen molar-refractivity contribution >= 4 is 5.96 Å². The van der Waals surface area contributed by atoms with Crippen LogP contribution in [-0.2, 0) is 4.74 Å². The number of guanidine groups is 1. The van der Waals surface area contributed by atoms with Crippen LogP contribution in [0, 0.1) is 0 Å². The third-order valence-electron chi connectivity index (χ3n) is 4.33. The fourth-order valence-electron chi connectivity index (χ4n) is 2.92. The molecule has 2 aliphatic heterocycles. The molecule has 2 rings (SSSR count). The highest BCUT2D eigenvalue weighted by Gasteiger charge is 2.29. The highest BCUT2D eigenvalue weighted by Crippen LogP contribution is 2.23. The first-order valence-corrected chi connectivity index (χ1v) is 7.42. The molecule has 0 aromatic rings. The van der Waals surface area contributed by atoms with Crippen LogP contribution in [0.25, 0.3) is 0 Å². The summed E-state index contributed by atoms with van der Waals surface area (Å²) in [6.45, 7) is 6.06. The van der Waals surface area contributed by atoms with Crippen LogP contribution in [0.5, 0.6) is 0 Å². The molecule has 0 bridgehead atoms. The summed E-state index contributed by atoms with van der Waals surface area (Å²) in [6, 6.07) is 0.636. The van der Waals surface area contributed by atoms with Crippen molar-refractivity contribution < 1.29 is 4.74 Å². The molecule has 5 nitrogen and oxygen atoms in total. The van der Waals surface area contributed by atoms with Crippen molar-refractivity contribution in [3.05, 3.63) is 0 Å². The molecule has 0 amide bonds. The molecule has 19 heavy (non-hydrogen) atoms. The second kappa shape index (κ2) is 6.57. The van der Waals surface area contributed by atoms with Crippen LogP contribution >= 0.6 is 0 Å². The van der Waals surface area contributed by atoms with E-state index < -0.39 is 0 Å². The molecular formula is C14H28N4O. The smallest absolute Gasteiger partial charge is 0.191 e. The van der Waals surface area contributed by atoms with Gasteiger partial charge in [-0.1, -0.05) is 0 Å². The number of aliphatic imine (C=N–C) groups is 1. The van der Waals surface area contributed by atoms with Crippen LogP contribution in [0.2, 0.25) is 0 Å². The average molecular weight is 268 g/mol. The van der Waals surface area contributed by atoms with E-state index in [-0.39, 0.29) is 5.60 Å². The summed E-state index contributed by atoms with van der Waals surface area (Å²) in [5.74, 6) is 0.886. The number of likely N-dealkylation sites (tertiary alicyclic amines) is 1. The highest BCUT2D eigenvalue weighted by molar-refractivity contribution is 5.79. The lowest BCUT2D eigenvalue weighted by molar-refractivity contribution is 0.0242. The molecule has 0 aromatic carbocycles. The molecule has 2 atom stereocenters. The molecule has 2 aliphatic rings. The molecule has 0 spiro atoms. The Morgan fingerprint density at radius 1 is 1.42 bits per heavy atom. The van der Waals surface area contributed by atoms with E-state index in [0.29, 0.717) is 6.04 Å². The fraction of sp³-hybridized carbons (Fsp3) is 0.929. The third-order valence-corrected chi connectivity index (χ3v) is 4.33. The van der Waals surface area contributed by atoms with Gasteiger partial charge in [0.1, 0.15) is 0 Å². The van der Waals surface area contributed by atoms with Crippen LogP contribution in [0.3, 0.4) is 0 Å². The summed E-state index contributed by atoms with van der Waals surface area (Å²) in [5, 5.41) is 6.81. The first-order valence-electron chi connectivity index (χ1n) is 7.42. The molecule has 0 saturated carbocycles. The number of nitrogens with zero attached hydrogens (tertiary/aromatic N) is 2. The predicted molar refractivity (Wildman–Crippen MR) is 78.6 cm³/mol. The van der Waals surface area contributed by atoms with Crippen molar-refractivity contribution in [2.24, 2.45) is 4.99 Å². The normalized spacial score (nSPS) is 32.8. The number of hydrogen-bond donors (Lipinski definition) is 2. The molecule has 5 heteroatoms. The Balaban J connectivity index is 1.71. The summed E-state index contributed by atoms with van der Waals surface area (Å²) < 4.78 is 5.78. The Labute approximate surface area is 116 Å². The van der Waals surface area contributed by atoms with E-state index in [0.717, 1.165) is 38.5 Å². The molecule has 2 saturated heterocycles. The third kappa shape index (κ3) is 4.08. The predicted octanol–water partition coefficient (Wildman–Crippen LogP) is 0.815. The Morgan fingerprint density at radius 3 is 2.84 bits per heavy atom. The lowest BCUT2D eigenvalue weighted by Crippen LogP contribution is -2.48. The van der Waals surface area contributed by atoms with Gasteiger partial charge in [0.25, 0.3) is 0 Å². The lowest BCUT2D eigenvalue weighted by atomic mass is 10.0. The number of likely N-dealkylation sites (N-methyl/N-ethyl adjacent to an activating group) is 1. The molecule has 0 aromatic heterocycles. The zero-order valence-corrected chi connectivity index (χ0v) is 12.5. The maximum Gasteiger partial charge on any atom is 0.191 e. The second-order valence-corrected chi connectivity index (χ2v) is 5.99.